The van der Waals surface area contributed by atoms with Crippen molar-refractivity contribution < 1.29 is 14.3 Å². The van der Waals surface area contributed by atoms with Crippen LogP contribution in [-0.2, 0) is 22.4 Å². The number of nitrogens with one attached hydrogen (secondary N) is 1. The third kappa shape index (κ3) is 4.43. The van der Waals surface area contributed by atoms with Crippen molar-refractivity contribution >= 4 is 28.4 Å². The SMILES string of the molecule is O=C(Nc1nc2c(s1)CCCC2)N1CCCN(C(=O)C2CCOCC2)CC1. The summed E-state index contributed by atoms with van der Waals surface area (Å²) in [5, 5.41) is 3.69. The summed E-state index contributed by atoms with van der Waals surface area (Å²) < 4.78 is 5.36. The second kappa shape index (κ2) is 8.56. The van der Waals surface area contributed by atoms with E-state index in [1.165, 1.54) is 17.7 Å². The summed E-state index contributed by atoms with van der Waals surface area (Å²) in [7, 11) is 0. The molecule has 2 aliphatic heterocycles. The van der Waals surface area contributed by atoms with Crippen molar-refractivity contribution in [3.63, 3.8) is 0 Å². The standard InChI is InChI=1S/C19H28N4O3S/c24-17(14-6-12-26-13-7-14)22-8-3-9-23(11-10-22)19(25)21-18-20-15-4-1-2-5-16(15)27-18/h14H,1-13H2,(H,20,21,25). The Morgan fingerprint density at radius 3 is 2.56 bits per heavy atom. The number of carbonyl (C=O) groups excluding carboxylic acids is 2. The van der Waals surface area contributed by atoms with Gasteiger partial charge in [0.05, 0.1) is 5.69 Å². The van der Waals surface area contributed by atoms with E-state index in [1.807, 2.05) is 9.80 Å². The lowest BCUT2D eigenvalue weighted by Gasteiger charge is -2.28. The highest BCUT2D eigenvalue weighted by atomic mass is 32.1. The minimum absolute atomic E-state index is 0.0840. The molecule has 0 atom stereocenters. The van der Waals surface area contributed by atoms with E-state index in [-0.39, 0.29) is 17.9 Å². The average Bonchev–Trinajstić information content (AvgIpc) is 2.94. The predicted molar refractivity (Wildman–Crippen MR) is 104 cm³/mol. The number of anilines is 1. The van der Waals surface area contributed by atoms with Gasteiger partial charge in [0.2, 0.25) is 5.91 Å². The van der Waals surface area contributed by atoms with Crippen LogP contribution in [0.5, 0.6) is 0 Å². The summed E-state index contributed by atoms with van der Waals surface area (Å²) in [6.45, 7) is 3.94. The Bertz CT molecular complexity index is 663. The van der Waals surface area contributed by atoms with E-state index < -0.39 is 0 Å². The van der Waals surface area contributed by atoms with E-state index in [9.17, 15) is 9.59 Å². The van der Waals surface area contributed by atoms with E-state index in [4.69, 9.17) is 4.74 Å². The monoisotopic (exact) mass is 392 g/mol. The van der Waals surface area contributed by atoms with Gasteiger partial charge in [-0.3, -0.25) is 10.1 Å². The van der Waals surface area contributed by atoms with Crippen LogP contribution >= 0.6 is 11.3 Å². The molecule has 0 saturated carbocycles. The van der Waals surface area contributed by atoms with Crippen LogP contribution in [0.15, 0.2) is 0 Å². The number of aromatic nitrogens is 1. The van der Waals surface area contributed by atoms with Gasteiger partial charge in [-0.2, -0.15) is 0 Å². The maximum atomic E-state index is 12.7. The summed E-state index contributed by atoms with van der Waals surface area (Å²) in [5.74, 6) is 0.314. The second-order valence-electron chi connectivity index (χ2n) is 7.58. The van der Waals surface area contributed by atoms with Crippen LogP contribution in [-0.4, -0.2) is 66.1 Å². The number of hydrogen-bond donors (Lipinski definition) is 1. The highest BCUT2D eigenvalue weighted by Crippen LogP contribution is 2.29. The predicted octanol–water partition coefficient (Wildman–Crippen LogP) is 2.51. The molecule has 27 heavy (non-hydrogen) atoms. The molecule has 1 N–H and O–H groups in total. The summed E-state index contributed by atoms with van der Waals surface area (Å²) in [4.78, 5) is 35.1. The molecule has 0 spiro atoms. The van der Waals surface area contributed by atoms with Crippen LogP contribution in [0.1, 0.15) is 42.7 Å². The number of amides is 3. The van der Waals surface area contributed by atoms with Crippen molar-refractivity contribution in [2.75, 3.05) is 44.7 Å². The van der Waals surface area contributed by atoms with E-state index >= 15 is 0 Å². The van der Waals surface area contributed by atoms with E-state index in [0.29, 0.717) is 38.0 Å². The number of aryl methyl sites for hydroxylation is 2. The third-order valence-corrected chi connectivity index (χ3v) is 6.80. The number of rotatable bonds is 2. The highest BCUT2D eigenvalue weighted by Gasteiger charge is 2.29. The fraction of sp³-hybridized carbons (Fsp3) is 0.737. The van der Waals surface area contributed by atoms with Gasteiger partial charge in [-0.15, -0.1) is 11.3 Å². The number of hydrogen-bond acceptors (Lipinski definition) is 5. The lowest BCUT2D eigenvalue weighted by atomic mass is 9.98. The molecule has 2 fully saturated rings. The van der Waals surface area contributed by atoms with Gasteiger partial charge in [0, 0.05) is 50.2 Å². The maximum absolute atomic E-state index is 12.7. The quantitative estimate of drug-likeness (QED) is 0.839. The van der Waals surface area contributed by atoms with Gasteiger partial charge in [0.15, 0.2) is 5.13 Å². The molecule has 3 amide bonds. The summed E-state index contributed by atoms with van der Waals surface area (Å²) in [6, 6.07) is -0.0959. The van der Waals surface area contributed by atoms with E-state index in [1.54, 1.807) is 11.3 Å². The normalized spacial score (nSPS) is 21.5. The third-order valence-electron chi connectivity index (χ3n) is 5.72. The second-order valence-corrected chi connectivity index (χ2v) is 8.66. The van der Waals surface area contributed by atoms with Crippen LogP contribution in [0.2, 0.25) is 0 Å². The van der Waals surface area contributed by atoms with Crippen molar-refractivity contribution in [1.29, 1.82) is 0 Å². The molecule has 4 rings (SSSR count). The first kappa shape index (κ1) is 18.7. The van der Waals surface area contributed by atoms with Crippen molar-refractivity contribution in [1.82, 2.24) is 14.8 Å². The zero-order valence-electron chi connectivity index (χ0n) is 15.7. The molecule has 0 radical (unpaired) electrons. The van der Waals surface area contributed by atoms with Gasteiger partial charge >= 0.3 is 6.03 Å². The fourth-order valence-corrected chi connectivity index (χ4v) is 5.16. The Hall–Kier alpha value is -1.67. The topological polar surface area (TPSA) is 74.8 Å². The summed E-state index contributed by atoms with van der Waals surface area (Å²) >= 11 is 1.61. The highest BCUT2D eigenvalue weighted by molar-refractivity contribution is 7.15. The minimum atomic E-state index is -0.0959. The summed E-state index contributed by atoms with van der Waals surface area (Å²) in [5.41, 5.74) is 1.16. The largest absolute Gasteiger partial charge is 0.381 e. The van der Waals surface area contributed by atoms with E-state index in [0.717, 1.165) is 44.3 Å². The van der Waals surface area contributed by atoms with Gasteiger partial charge in [-0.1, -0.05) is 0 Å². The Morgan fingerprint density at radius 1 is 1.00 bits per heavy atom. The first-order chi connectivity index (χ1) is 13.2. The number of fused-ring (bicyclic) bond motifs is 1. The molecule has 3 aliphatic rings. The van der Waals surface area contributed by atoms with Crippen molar-refractivity contribution in [2.24, 2.45) is 5.92 Å². The van der Waals surface area contributed by atoms with Gasteiger partial charge in [-0.25, -0.2) is 9.78 Å². The lowest BCUT2D eigenvalue weighted by Crippen LogP contribution is -2.42. The zero-order chi connectivity index (χ0) is 18.6. The molecular formula is C19H28N4O3S. The van der Waals surface area contributed by atoms with Crippen molar-refractivity contribution in [3.8, 4) is 0 Å². The number of carbonyl (C=O) groups is 2. The number of thiazole rings is 1. The molecule has 1 aromatic heterocycles. The Kier molecular flexibility index (Phi) is 5.92. The van der Waals surface area contributed by atoms with Crippen molar-refractivity contribution in [3.05, 3.63) is 10.6 Å². The van der Waals surface area contributed by atoms with Crippen LogP contribution in [0.3, 0.4) is 0 Å². The van der Waals surface area contributed by atoms with Crippen molar-refractivity contribution in [2.45, 2.75) is 44.9 Å². The zero-order valence-corrected chi connectivity index (χ0v) is 16.6. The Labute approximate surface area is 164 Å². The minimum Gasteiger partial charge on any atom is -0.381 e. The fourth-order valence-electron chi connectivity index (χ4n) is 4.12. The molecule has 148 valence electrons. The Morgan fingerprint density at radius 2 is 1.74 bits per heavy atom. The Balaban J connectivity index is 1.31. The van der Waals surface area contributed by atoms with Crippen LogP contribution in [0, 0.1) is 5.92 Å². The molecule has 0 unspecified atom stereocenters. The van der Waals surface area contributed by atoms with Gasteiger partial charge in [0.1, 0.15) is 0 Å². The molecule has 0 bridgehead atoms. The average molecular weight is 393 g/mol. The maximum Gasteiger partial charge on any atom is 0.323 e. The van der Waals surface area contributed by atoms with Crippen LogP contribution in [0.4, 0.5) is 9.93 Å². The molecule has 0 aromatic carbocycles. The smallest absolute Gasteiger partial charge is 0.323 e. The summed E-state index contributed by atoms with van der Waals surface area (Å²) in [6.07, 6.45) is 6.95. The van der Waals surface area contributed by atoms with Gasteiger partial charge < -0.3 is 14.5 Å². The molecule has 1 aromatic rings. The first-order valence-electron chi connectivity index (χ1n) is 10.1. The number of urea groups is 1. The number of ether oxygens (including phenoxy) is 1. The lowest BCUT2D eigenvalue weighted by molar-refractivity contribution is -0.138. The van der Waals surface area contributed by atoms with Crippen LogP contribution < -0.4 is 5.32 Å². The van der Waals surface area contributed by atoms with E-state index in [2.05, 4.69) is 10.3 Å². The first-order valence-corrected chi connectivity index (χ1v) is 10.9. The molecular weight excluding hydrogens is 364 g/mol. The molecule has 8 heteroatoms. The molecule has 2 saturated heterocycles. The molecule has 1 aliphatic carbocycles. The molecule has 3 heterocycles. The van der Waals surface area contributed by atoms with Crippen LogP contribution in [0.25, 0.3) is 0 Å². The van der Waals surface area contributed by atoms with Gasteiger partial charge in [0.25, 0.3) is 0 Å². The van der Waals surface area contributed by atoms with Gasteiger partial charge in [-0.05, 0) is 44.9 Å². The molecule has 7 nitrogen and oxygen atoms in total. The number of nitrogens with zero attached hydrogens (tertiary/aromatic N) is 3.